The van der Waals surface area contributed by atoms with Crippen LogP contribution in [-0.2, 0) is 0 Å². The molecule has 0 aromatic carbocycles. The highest BCUT2D eigenvalue weighted by Gasteiger charge is 1.80. The lowest BCUT2D eigenvalue weighted by Gasteiger charge is -1.90. The van der Waals surface area contributed by atoms with Crippen molar-refractivity contribution in [2.24, 2.45) is 0 Å². The minimum Gasteiger partial charge on any atom is -0.396 e. The Labute approximate surface area is 46.8 Å². The number of hydrogen-bond acceptors (Lipinski definition) is 1. The first-order chi connectivity index (χ1) is 3.41. The first kappa shape index (κ1) is 6.96. The molecule has 1 heteroatoms. The largest absolute Gasteiger partial charge is 1.00 e. The van der Waals surface area contributed by atoms with Crippen molar-refractivity contribution in [3.05, 3.63) is 0 Å². The number of aliphatic hydroxyl groups is 1. The lowest BCUT2D eigenvalue weighted by Crippen LogP contribution is -1.80. The molecule has 7 heavy (non-hydrogen) atoms. The van der Waals surface area contributed by atoms with Crippen LogP contribution in [0.25, 0.3) is 0 Å². The standard InChI is InChI=1S/C6H14O/c1-2-3-4-5-6-7/h7H,2-6H2,1H3/p+1. The molecule has 0 aliphatic rings. The van der Waals surface area contributed by atoms with Crippen LogP contribution in [0, 0.1) is 0 Å². The Balaban J connectivity index is 0. The molecule has 0 heterocycles. The summed E-state index contributed by atoms with van der Waals surface area (Å²) in [5.41, 5.74) is 0. The Bertz CT molecular complexity index is 27.7. The third kappa shape index (κ3) is 5.96. The molecule has 0 fully saturated rings. The van der Waals surface area contributed by atoms with Crippen LogP contribution in [-0.4, -0.2) is 11.7 Å². The Kier molecular flexibility index (Phi) is 5.93. The van der Waals surface area contributed by atoms with Crippen molar-refractivity contribution >= 4 is 0 Å². The SMILES string of the molecule is CCCCCCO.[H+]. The molecule has 0 atom stereocenters. The van der Waals surface area contributed by atoms with E-state index in [9.17, 15) is 0 Å². The summed E-state index contributed by atoms with van der Waals surface area (Å²) in [6.07, 6.45) is 4.68. The van der Waals surface area contributed by atoms with E-state index in [4.69, 9.17) is 5.11 Å². The van der Waals surface area contributed by atoms with E-state index in [1.54, 1.807) is 0 Å². The van der Waals surface area contributed by atoms with Crippen LogP contribution < -0.4 is 0 Å². The fourth-order valence-corrected chi connectivity index (χ4v) is 0.539. The van der Waals surface area contributed by atoms with E-state index in [0.29, 0.717) is 6.61 Å². The molecule has 0 aromatic rings. The first-order valence-corrected chi connectivity index (χ1v) is 3.02. The molecular weight excluding hydrogens is 88.1 g/mol. The normalized spacial score (nSPS) is 9.43. The van der Waals surface area contributed by atoms with Crippen LogP contribution in [0.2, 0.25) is 0 Å². The fourth-order valence-electron chi connectivity index (χ4n) is 0.539. The smallest absolute Gasteiger partial charge is 0.396 e. The highest BCUT2D eigenvalue weighted by molar-refractivity contribution is 4.35. The van der Waals surface area contributed by atoms with Crippen LogP contribution in [0.1, 0.15) is 34.0 Å². The van der Waals surface area contributed by atoms with Gasteiger partial charge in [-0.25, -0.2) is 0 Å². The van der Waals surface area contributed by atoms with Gasteiger partial charge in [0.25, 0.3) is 0 Å². The van der Waals surface area contributed by atoms with Gasteiger partial charge in [0.05, 0.1) is 0 Å². The predicted molar refractivity (Wildman–Crippen MR) is 32.3 cm³/mol. The molecule has 0 aliphatic heterocycles. The van der Waals surface area contributed by atoms with Gasteiger partial charge in [-0.3, -0.25) is 0 Å². The van der Waals surface area contributed by atoms with Crippen molar-refractivity contribution in [2.45, 2.75) is 32.6 Å². The van der Waals surface area contributed by atoms with Crippen molar-refractivity contribution in [1.29, 1.82) is 0 Å². The van der Waals surface area contributed by atoms with E-state index in [2.05, 4.69) is 6.92 Å². The molecule has 0 aromatic heterocycles. The number of hydrogen-bond donors (Lipinski definition) is 1. The highest BCUT2D eigenvalue weighted by Crippen LogP contribution is 1.95. The quantitative estimate of drug-likeness (QED) is 0.536. The zero-order valence-corrected chi connectivity index (χ0v) is 4.98. The van der Waals surface area contributed by atoms with E-state index < -0.39 is 0 Å². The average molecular weight is 103 g/mol. The summed E-state index contributed by atoms with van der Waals surface area (Å²) in [6, 6.07) is 0. The van der Waals surface area contributed by atoms with Crippen molar-refractivity contribution < 1.29 is 6.53 Å². The number of rotatable bonds is 4. The molecule has 1 N–H and O–H groups in total. The molecule has 0 saturated carbocycles. The second kappa shape index (κ2) is 5.96. The summed E-state index contributed by atoms with van der Waals surface area (Å²) in [5, 5.41) is 8.29. The van der Waals surface area contributed by atoms with E-state index in [1.165, 1.54) is 19.3 Å². The molecule has 0 saturated heterocycles. The van der Waals surface area contributed by atoms with Gasteiger partial charge < -0.3 is 5.11 Å². The second-order valence-corrected chi connectivity index (χ2v) is 1.78. The Morgan fingerprint density at radius 2 is 2.00 bits per heavy atom. The number of aliphatic hydroxyl groups excluding tert-OH is 1. The molecule has 0 rings (SSSR count). The maximum Gasteiger partial charge on any atom is 1.00 e. The zero-order valence-electron chi connectivity index (χ0n) is 5.98. The second-order valence-electron chi connectivity index (χ2n) is 1.78. The van der Waals surface area contributed by atoms with Gasteiger partial charge in [0.15, 0.2) is 0 Å². The van der Waals surface area contributed by atoms with Gasteiger partial charge in [0.2, 0.25) is 0 Å². The molecule has 0 unspecified atom stereocenters. The van der Waals surface area contributed by atoms with E-state index in [-0.39, 0.29) is 1.43 Å². The summed E-state index contributed by atoms with van der Waals surface area (Å²) >= 11 is 0. The molecule has 0 bridgehead atoms. The lowest BCUT2D eigenvalue weighted by atomic mass is 10.2. The van der Waals surface area contributed by atoms with E-state index in [0.717, 1.165) is 6.42 Å². The molecule has 1 nitrogen and oxygen atoms in total. The average Bonchev–Trinajstić information content (AvgIpc) is 1.69. The van der Waals surface area contributed by atoms with E-state index >= 15 is 0 Å². The molecule has 0 spiro atoms. The van der Waals surface area contributed by atoms with Crippen molar-refractivity contribution in [3.8, 4) is 0 Å². The third-order valence-electron chi connectivity index (χ3n) is 1.01. The predicted octanol–water partition coefficient (Wildman–Crippen LogP) is 1.67. The van der Waals surface area contributed by atoms with Crippen LogP contribution in [0.3, 0.4) is 0 Å². The fraction of sp³-hybridized carbons (Fsp3) is 1.00. The van der Waals surface area contributed by atoms with Crippen LogP contribution in [0.15, 0.2) is 0 Å². The minimum absolute atomic E-state index is 0. The summed E-state index contributed by atoms with van der Waals surface area (Å²) in [5.74, 6) is 0. The summed E-state index contributed by atoms with van der Waals surface area (Å²) in [7, 11) is 0. The van der Waals surface area contributed by atoms with Crippen LogP contribution in [0.5, 0.6) is 0 Å². The molecular formula is C6H15O+. The maximum atomic E-state index is 8.29. The molecule has 0 amide bonds. The van der Waals surface area contributed by atoms with Gasteiger partial charge in [0.1, 0.15) is 0 Å². The first-order valence-electron chi connectivity index (χ1n) is 3.02. The van der Waals surface area contributed by atoms with Crippen LogP contribution >= 0.6 is 0 Å². The van der Waals surface area contributed by atoms with Gasteiger partial charge in [-0.1, -0.05) is 26.2 Å². The van der Waals surface area contributed by atoms with Gasteiger partial charge in [-0.05, 0) is 6.42 Å². The van der Waals surface area contributed by atoms with Crippen molar-refractivity contribution in [3.63, 3.8) is 0 Å². The van der Waals surface area contributed by atoms with Gasteiger partial charge in [-0.2, -0.15) is 0 Å². The van der Waals surface area contributed by atoms with Crippen molar-refractivity contribution in [1.82, 2.24) is 0 Å². The molecule has 0 radical (unpaired) electrons. The lowest BCUT2D eigenvalue weighted by molar-refractivity contribution is 0.283. The highest BCUT2D eigenvalue weighted by atomic mass is 16.2. The number of unbranched alkanes of at least 4 members (excludes halogenated alkanes) is 3. The van der Waals surface area contributed by atoms with Gasteiger partial charge in [-0.15, -0.1) is 0 Å². The minimum atomic E-state index is 0. The molecule has 0 aliphatic carbocycles. The Morgan fingerprint density at radius 3 is 2.43 bits per heavy atom. The molecule has 44 valence electrons. The van der Waals surface area contributed by atoms with Gasteiger partial charge >= 0.3 is 1.43 Å². The summed E-state index contributed by atoms with van der Waals surface area (Å²) < 4.78 is 0. The Morgan fingerprint density at radius 1 is 1.29 bits per heavy atom. The zero-order chi connectivity index (χ0) is 5.54. The summed E-state index contributed by atoms with van der Waals surface area (Å²) in [6.45, 7) is 2.53. The van der Waals surface area contributed by atoms with Gasteiger partial charge in [0, 0.05) is 6.61 Å². The van der Waals surface area contributed by atoms with Crippen molar-refractivity contribution in [2.75, 3.05) is 6.61 Å². The maximum absolute atomic E-state index is 8.29. The third-order valence-corrected chi connectivity index (χ3v) is 1.01. The topological polar surface area (TPSA) is 20.2 Å². The monoisotopic (exact) mass is 103 g/mol. The Hall–Kier alpha value is -0.0400. The van der Waals surface area contributed by atoms with E-state index in [1.807, 2.05) is 0 Å². The van der Waals surface area contributed by atoms with Crippen LogP contribution in [0.4, 0.5) is 0 Å². The summed E-state index contributed by atoms with van der Waals surface area (Å²) in [4.78, 5) is 0.